The minimum Gasteiger partial charge on any atom is -0.508 e. The summed E-state index contributed by atoms with van der Waals surface area (Å²) in [6.45, 7) is 25.9. The van der Waals surface area contributed by atoms with Crippen LogP contribution >= 0.6 is 0 Å². The number of carboxylic acid groups (broad SMARTS) is 2. The van der Waals surface area contributed by atoms with Gasteiger partial charge in [0.15, 0.2) is 0 Å². The van der Waals surface area contributed by atoms with Crippen LogP contribution < -0.4 is 28.4 Å². The van der Waals surface area contributed by atoms with Crippen LogP contribution in [0.2, 0.25) is 0 Å². The second kappa shape index (κ2) is 50.8. The molecule has 0 fully saturated rings. The number of phenolic OH excluding ortho intramolecular Hbond substituents is 3. The van der Waals surface area contributed by atoms with Crippen LogP contribution in [0.3, 0.4) is 0 Å². The van der Waals surface area contributed by atoms with Gasteiger partial charge in [0.1, 0.15) is 51.7 Å². The lowest BCUT2D eigenvalue weighted by molar-refractivity contribution is -0.138. The lowest BCUT2D eigenvalue weighted by Crippen LogP contribution is -2.09. The first-order valence-corrected chi connectivity index (χ1v) is 32.8. The fourth-order valence-electron chi connectivity index (χ4n) is 7.56. The smallest absolute Gasteiger partial charge is 0.343 e. The average molecular weight is 1420 g/mol. The molecule has 22 nitrogen and oxygen atoms in total. The van der Waals surface area contributed by atoms with Gasteiger partial charge in [0.05, 0.1) is 67.5 Å². The fraction of sp³-hybridized carbons (Fsp3) is 0.235. The van der Waals surface area contributed by atoms with Crippen LogP contribution in [0.5, 0.6) is 51.7 Å². The molecular weight excluding hydrogens is 1320 g/mol. The van der Waals surface area contributed by atoms with Gasteiger partial charge in [-0.1, -0.05) is 82.8 Å². The molecule has 0 aliphatic carbocycles. The number of carbonyl (C=O) groups is 8. The Morgan fingerprint density at radius 3 is 0.835 bits per heavy atom. The molecule has 0 bridgehead atoms. The number of aromatic hydroxyl groups is 3. The van der Waals surface area contributed by atoms with Crippen molar-refractivity contribution in [2.75, 3.05) is 39.6 Å². The molecular formula is C81H90O22. The number of carboxylic acids is 2. The van der Waals surface area contributed by atoms with E-state index in [4.69, 9.17) is 63.1 Å². The van der Waals surface area contributed by atoms with Crippen LogP contribution in [0.4, 0.5) is 0 Å². The predicted octanol–water partition coefficient (Wildman–Crippen LogP) is 16.2. The Bertz CT molecular complexity index is 3860. The number of carbonyl (C=O) groups excluding carboxylic acids is 6. The Labute approximate surface area is 600 Å². The minimum atomic E-state index is -0.962. The normalized spacial score (nSPS) is 9.62. The van der Waals surface area contributed by atoms with Gasteiger partial charge in [-0.3, -0.25) is 0 Å². The molecule has 0 atom stereocenters. The molecule has 103 heavy (non-hydrogen) atoms. The maximum Gasteiger partial charge on any atom is 0.343 e. The van der Waals surface area contributed by atoms with E-state index >= 15 is 0 Å². The summed E-state index contributed by atoms with van der Waals surface area (Å²) in [5.41, 5.74) is 4.59. The van der Waals surface area contributed by atoms with E-state index in [0.717, 1.165) is 42.2 Å². The summed E-state index contributed by atoms with van der Waals surface area (Å²) in [6.07, 6.45) is 7.63. The SMILES string of the molecule is C=CC(=O)OCCCCOc1ccc(C(=O)O)cc1.C=CC(=O)OCCCCOc1ccc(C(=O)Oc2ccc(O)cc2)cc1.C=CC(=O)OCCCCOc1ccc(C(=O)Oc2ccc(OC(=O)c3ccc(C)cc3)cc2)cc1.CC.CC.Cc1cc(O)ccc1O.Cc1ccc(C(=O)O)cc1. The topological polar surface area (TPSA) is 321 Å². The lowest BCUT2D eigenvalue weighted by Gasteiger charge is -2.08. The van der Waals surface area contributed by atoms with Crippen LogP contribution in [-0.4, -0.2) is 113 Å². The van der Waals surface area contributed by atoms with Gasteiger partial charge in [0.25, 0.3) is 0 Å². The van der Waals surface area contributed by atoms with Gasteiger partial charge in [-0.2, -0.15) is 0 Å². The zero-order valence-electron chi connectivity index (χ0n) is 58.9. The van der Waals surface area contributed by atoms with Crippen molar-refractivity contribution in [3.8, 4) is 51.7 Å². The molecule has 0 unspecified atom stereocenters. The molecule has 0 amide bonds. The summed E-state index contributed by atoms with van der Waals surface area (Å²) in [5.74, 6) is -1.23. The third-order valence-electron chi connectivity index (χ3n) is 13.0. The van der Waals surface area contributed by atoms with Crippen molar-refractivity contribution in [2.24, 2.45) is 0 Å². The van der Waals surface area contributed by atoms with E-state index in [2.05, 4.69) is 19.7 Å². The monoisotopic (exact) mass is 1410 g/mol. The molecule has 8 rings (SSSR count). The van der Waals surface area contributed by atoms with E-state index in [1.807, 2.05) is 53.7 Å². The summed E-state index contributed by atoms with van der Waals surface area (Å²) in [7, 11) is 0. The van der Waals surface area contributed by atoms with Crippen LogP contribution in [0.1, 0.15) is 135 Å². The quantitative estimate of drug-likeness (QED) is 0.00726. The van der Waals surface area contributed by atoms with Gasteiger partial charge >= 0.3 is 47.8 Å². The molecule has 0 spiro atoms. The first-order valence-electron chi connectivity index (χ1n) is 32.8. The molecule has 8 aromatic rings. The minimum absolute atomic E-state index is 0.102. The number of ether oxygens (including phenoxy) is 9. The number of phenols is 3. The largest absolute Gasteiger partial charge is 0.508 e. The van der Waals surface area contributed by atoms with E-state index in [0.29, 0.717) is 128 Å². The highest BCUT2D eigenvalue weighted by Gasteiger charge is 2.13. The van der Waals surface area contributed by atoms with Crippen molar-refractivity contribution in [3.63, 3.8) is 0 Å². The number of esters is 6. The molecule has 8 aromatic carbocycles. The highest BCUT2D eigenvalue weighted by Crippen LogP contribution is 2.24. The molecule has 0 aliphatic heterocycles. The number of rotatable bonds is 29. The zero-order valence-corrected chi connectivity index (χ0v) is 58.9. The maximum atomic E-state index is 12.4. The first-order chi connectivity index (χ1) is 49.5. The van der Waals surface area contributed by atoms with Crippen molar-refractivity contribution < 1.29 is 107 Å². The van der Waals surface area contributed by atoms with Gasteiger partial charge in [0.2, 0.25) is 0 Å². The van der Waals surface area contributed by atoms with Gasteiger partial charge in [0, 0.05) is 18.2 Å². The fourth-order valence-corrected chi connectivity index (χ4v) is 7.56. The van der Waals surface area contributed by atoms with Crippen molar-refractivity contribution in [2.45, 2.75) is 87.0 Å². The molecule has 22 heteroatoms. The highest BCUT2D eigenvalue weighted by atomic mass is 16.6. The number of hydrogen-bond donors (Lipinski definition) is 5. The van der Waals surface area contributed by atoms with E-state index in [1.54, 1.807) is 128 Å². The highest BCUT2D eigenvalue weighted by molar-refractivity contribution is 5.93. The van der Waals surface area contributed by atoms with Crippen molar-refractivity contribution in [1.29, 1.82) is 0 Å². The molecule has 0 radical (unpaired) electrons. The second-order valence-corrected chi connectivity index (χ2v) is 20.8. The Kier molecular flexibility index (Phi) is 42.7. The van der Waals surface area contributed by atoms with Crippen molar-refractivity contribution >= 4 is 47.8 Å². The van der Waals surface area contributed by atoms with Gasteiger partial charge in [-0.15, -0.1) is 0 Å². The van der Waals surface area contributed by atoms with E-state index in [-0.39, 0.29) is 22.8 Å². The Balaban J connectivity index is 0.000000466. The van der Waals surface area contributed by atoms with Gasteiger partial charge in [-0.05, 0) is 229 Å². The van der Waals surface area contributed by atoms with Crippen LogP contribution in [-0.2, 0) is 28.6 Å². The number of aryl methyl sites for hydroxylation is 3. The first kappa shape index (κ1) is 86.6. The van der Waals surface area contributed by atoms with Crippen LogP contribution in [0.15, 0.2) is 226 Å². The molecule has 0 saturated carbocycles. The summed E-state index contributed by atoms with van der Waals surface area (Å²) >= 11 is 0. The third-order valence-corrected chi connectivity index (χ3v) is 13.0. The number of unbranched alkanes of at least 4 members (excludes halogenated alkanes) is 3. The molecule has 546 valence electrons. The molecule has 0 aliphatic rings. The standard InChI is InChI=1S/C28H26O7.C20H20O6.C14H16O5.C8H8O2.C7H8O2.2C2H6/c1-3-26(29)33-19-5-4-18-32-23-12-10-22(11-13-23)28(31)35-25-16-14-24(15-17-25)34-27(30)21-8-6-20(2)7-9-21;1-2-19(22)25-14-4-3-13-24-17-9-5-15(6-10-17)20(23)26-18-11-7-16(21)8-12-18;1-2-13(15)19-10-4-3-9-18-12-7-5-11(6-8-12)14(16)17;1-6-2-4-7(5-3-6)8(9)10;1-5-4-6(8)2-3-7(5)9;2*1-2/h3,6-17H,1,4-5,18-19H2,2H3;2,5-12,21H,1,3-4,13-14H2;2,5-8H,1,3-4,9-10H2,(H,16,17);2-5H,1H3,(H,9,10);2-4,8-9H,1H3;2*1-2H3. The van der Waals surface area contributed by atoms with Crippen LogP contribution in [0.25, 0.3) is 0 Å². The number of hydrogen-bond acceptors (Lipinski definition) is 20. The van der Waals surface area contributed by atoms with Crippen molar-refractivity contribution in [3.05, 3.63) is 271 Å². The van der Waals surface area contributed by atoms with E-state index in [9.17, 15) is 43.5 Å². The molecule has 0 saturated heterocycles. The van der Waals surface area contributed by atoms with E-state index in [1.165, 1.54) is 54.6 Å². The number of benzene rings is 8. The van der Waals surface area contributed by atoms with Crippen LogP contribution in [0, 0.1) is 20.8 Å². The molecule has 0 aromatic heterocycles. The lowest BCUT2D eigenvalue weighted by atomic mass is 10.1. The molecule has 0 heterocycles. The Morgan fingerprint density at radius 2 is 0.563 bits per heavy atom. The third kappa shape index (κ3) is 37.4. The Hall–Kier alpha value is -12.5. The summed E-state index contributed by atoms with van der Waals surface area (Å²) < 4.78 is 47.1. The molecule has 5 N–H and O–H groups in total. The number of aromatic carboxylic acids is 2. The summed E-state index contributed by atoms with van der Waals surface area (Å²) in [4.78, 5) is 90.2. The second-order valence-electron chi connectivity index (χ2n) is 20.8. The average Bonchev–Trinajstić information content (AvgIpc) is 0.871. The maximum absolute atomic E-state index is 12.4. The summed E-state index contributed by atoms with van der Waals surface area (Å²) in [5, 5.41) is 44.2. The van der Waals surface area contributed by atoms with Crippen molar-refractivity contribution in [1.82, 2.24) is 0 Å². The Morgan fingerprint density at radius 1 is 0.320 bits per heavy atom. The predicted molar refractivity (Wildman–Crippen MR) is 390 cm³/mol. The zero-order chi connectivity index (χ0) is 76.3. The summed E-state index contributed by atoms with van der Waals surface area (Å²) in [6, 6.07) is 49.8. The van der Waals surface area contributed by atoms with Gasteiger partial charge in [-0.25, -0.2) is 38.4 Å². The van der Waals surface area contributed by atoms with Gasteiger partial charge < -0.3 is 68.2 Å². The van der Waals surface area contributed by atoms with E-state index < -0.39 is 47.8 Å².